The van der Waals surface area contributed by atoms with E-state index in [4.69, 9.17) is 18.9 Å². The van der Waals surface area contributed by atoms with Crippen LogP contribution in [0, 0.1) is 11.8 Å². The van der Waals surface area contributed by atoms with Gasteiger partial charge in [-0.05, 0) is 12.5 Å². The van der Waals surface area contributed by atoms with Gasteiger partial charge >= 0.3 is 5.97 Å². The van der Waals surface area contributed by atoms with E-state index in [0.29, 0.717) is 26.2 Å². The maximum absolute atomic E-state index is 11.1. The van der Waals surface area contributed by atoms with E-state index in [1.165, 1.54) is 0 Å². The molecule has 1 rings (SSSR count). The molecule has 1 aromatic rings. The van der Waals surface area contributed by atoms with Crippen LogP contribution in [0.5, 0.6) is 0 Å². The van der Waals surface area contributed by atoms with Crippen molar-refractivity contribution >= 4 is 5.97 Å². The van der Waals surface area contributed by atoms with E-state index >= 15 is 0 Å². The third-order valence-corrected chi connectivity index (χ3v) is 2.63. The Balaban J connectivity index is 2.37. The van der Waals surface area contributed by atoms with Crippen LogP contribution in [0.3, 0.4) is 0 Å². The molecule has 0 heterocycles. The molecule has 0 bridgehead atoms. The largest absolute Gasteiger partial charge is 0.456 e. The summed E-state index contributed by atoms with van der Waals surface area (Å²) in [6.07, 6.45) is 0.113. The van der Waals surface area contributed by atoms with Crippen LogP contribution in [0.25, 0.3) is 0 Å². The SMILES string of the molecule is CCOC(=O)C#CC[C@@H](COCc1ccccc1)OCOC. The Bertz CT molecular complexity index is 475. The Labute approximate surface area is 131 Å². The summed E-state index contributed by atoms with van der Waals surface area (Å²) in [6, 6.07) is 9.86. The lowest BCUT2D eigenvalue weighted by Gasteiger charge is -2.15. The molecule has 1 atom stereocenters. The molecule has 0 aliphatic rings. The maximum Gasteiger partial charge on any atom is 0.384 e. The normalized spacial score (nSPS) is 11.4. The summed E-state index contributed by atoms with van der Waals surface area (Å²) in [5.74, 6) is 4.62. The fourth-order valence-electron chi connectivity index (χ4n) is 1.62. The molecule has 0 amide bonds. The number of carbonyl (C=O) groups is 1. The Morgan fingerprint density at radius 3 is 2.73 bits per heavy atom. The lowest BCUT2D eigenvalue weighted by molar-refractivity contribution is -0.136. The van der Waals surface area contributed by atoms with Crippen LogP contribution in [0.4, 0.5) is 0 Å². The molecule has 5 nitrogen and oxygen atoms in total. The van der Waals surface area contributed by atoms with Crippen molar-refractivity contribution in [2.24, 2.45) is 0 Å². The van der Waals surface area contributed by atoms with Gasteiger partial charge in [0.25, 0.3) is 0 Å². The van der Waals surface area contributed by atoms with Crippen LogP contribution >= 0.6 is 0 Å². The minimum Gasteiger partial charge on any atom is -0.456 e. The highest BCUT2D eigenvalue weighted by molar-refractivity contribution is 5.88. The van der Waals surface area contributed by atoms with Crippen LogP contribution in [0.15, 0.2) is 30.3 Å². The molecule has 1 aromatic carbocycles. The highest BCUT2D eigenvalue weighted by Gasteiger charge is 2.08. The van der Waals surface area contributed by atoms with Gasteiger partial charge < -0.3 is 18.9 Å². The third kappa shape index (κ3) is 8.42. The van der Waals surface area contributed by atoms with Crippen LogP contribution in [0.2, 0.25) is 0 Å². The zero-order chi connectivity index (χ0) is 16.0. The lowest BCUT2D eigenvalue weighted by atomic mass is 10.2. The first-order chi connectivity index (χ1) is 10.8. The van der Waals surface area contributed by atoms with Crippen molar-refractivity contribution in [1.82, 2.24) is 0 Å². The predicted octanol–water partition coefficient (Wildman–Crippen LogP) is 2.15. The van der Waals surface area contributed by atoms with Gasteiger partial charge in [-0.15, -0.1) is 0 Å². The molecule has 0 aliphatic carbocycles. The number of carbonyl (C=O) groups excluding carboxylic acids is 1. The molecule has 22 heavy (non-hydrogen) atoms. The van der Waals surface area contributed by atoms with Gasteiger partial charge in [-0.2, -0.15) is 0 Å². The zero-order valence-corrected chi connectivity index (χ0v) is 13.0. The first kappa shape index (κ1) is 18.2. The number of esters is 1. The van der Waals surface area contributed by atoms with Crippen LogP contribution in [-0.4, -0.2) is 39.2 Å². The van der Waals surface area contributed by atoms with E-state index in [-0.39, 0.29) is 12.9 Å². The number of hydrogen-bond acceptors (Lipinski definition) is 5. The average molecular weight is 306 g/mol. The van der Waals surface area contributed by atoms with Gasteiger partial charge in [0, 0.05) is 19.5 Å². The number of rotatable bonds is 9. The molecular weight excluding hydrogens is 284 g/mol. The first-order valence-electron chi connectivity index (χ1n) is 7.14. The minimum atomic E-state index is -0.529. The monoisotopic (exact) mass is 306 g/mol. The Morgan fingerprint density at radius 2 is 2.05 bits per heavy atom. The second-order valence-corrected chi connectivity index (χ2v) is 4.42. The van der Waals surface area contributed by atoms with Gasteiger partial charge in [-0.25, -0.2) is 4.79 Å². The number of methoxy groups -OCH3 is 1. The van der Waals surface area contributed by atoms with Crippen molar-refractivity contribution in [3.8, 4) is 11.8 Å². The van der Waals surface area contributed by atoms with Gasteiger partial charge in [0.05, 0.1) is 25.9 Å². The first-order valence-corrected chi connectivity index (χ1v) is 7.14. The van der Waals surface area contributed by atoms with Gasteiger partial charge in [0.2, 0.25) is 0 Å². The Hall–Kier alpha value is -1.87. The summed E-state index contributed by atoms with van der Waals surface area (Å²) in [7, 11) is 1.55. The maximum atomic E-state index is 11.1. The average Bonchev–Trinajstić information content (AvgIpc) is 2.53. The van der Waals surface area contributed by atoms with Gasteiger partial charge in [-0.3, -0.25) is 0 Å². The molecular formula is C17H22O5. The van der Waals surface area contributed by atoms with Crippen molar-refractivity contribution < 1.29 is 23.7 Å². The molecule has 120 valence electrons. The smallest absolute Gasteiger partial charge is 0.384 e. The van der Waals surface area contributed by atoms with Gasteiger partial charge in [-0.1, -0.05) is 36.3 Å². The van der Waals surface area contributed by atoms with Crippen molar-refractivity contribution in [3.63, 3.8) is 0 Å². The highest BCUT2D eigenvalue weighted by Crippen LogP contribution is 2.04. The summed E-state index contributed by atoms with van der Waals surface area (Å²) < 4.78 is 20.7. The highest BCUT2D eigenvalue weighted by atomic mass is 16.7. The summed E-state index contributed by atoms with van der Waals surface area (Å²) >= 11 is 0. The standard InChI is InChI=1S/C17H22O5/c1-3-21-17(18)11-7-10-16(22-14-19-2)13-20-12-15-8-5-4-6-9-15/h4-6,8-9,16H,3,10,12-14H2,1-2H3/t16-/m0/s1. The Morgan fingerprint density at radius 1 is 1.27 bits per heavy atom. The summed E-state index contributed by atoms with van der Waals surface area (Å²) in [4.78, 5) is 11.1. The predicted molar refractivity (Wildman–Crippen MR) is 81.9 cm³/mol. The molecule has 0 N–H and O–H groups in total. The van der Waals surface area contributed by atoms with Gasteiger partial charge in [0.1, 0.15) is 6.79 Å². The fourth-order valence-corrected chi connectivity index (χ4v) is 1.62. The van der Waals surface area contributed by atoms with Crippen LogP contribution in [0.1, 0.15) is 18.9 Å². The summed E-state index contributed by atoms with van der Waals surface area (Å²) in [6.45, 7) is 3.08. The number of benzene rings is 1. The number of hydrogen-bond donors (Lipinski definition) is 0. The van der Waals surface area contributed by atoms with E-state index < -0.39 is 5.97 Å². The van der Waals surface area contributed by atoms with E-state index in [2.05, 4.69) is 11.8 Å². The molecule has 0 aromatic heterocycles. The molecule has 0 radical (unpaired) electrons. The third-order valence-electron chi connectivity index (χ3n) is 2.63. The molecule has 0 saturated heterocycles. The van der Waals surface area contributed by atoms with E-state index in [0.717, 1.165) is 5.56 Å². The molecule has 0 unspecified atom stereocenters. The molecule has 0 aliphatic heterocycles. The Kier molecular flexibility index (Phi) is 9.71. The van der Waals surface area contributed by atoms with Crippen LogP contribution in [-0.2, 0) is 30.3 Å². The van der Waals surface area contributed by atoms with Gasteiger partial charge in [0.15, 0.2) is 0 Å². The second kappa shape index (κ2) is 11.8. The van der Waals surface area contributed by atoms with Crippen molar-refractivity contribution in [1.29, 1.82) is 0 Å². The molecule has 0 spiro atoms. The molecule has 0 fully saturated rings. The quantitative estimate of drug-likeness (QED) is 0.303. The van der Waals surface area contributed by atoms with Crippen molar-refractivity contribution in [2.45, 2.75) is 26.1 Å². The fraction of sp³-hybridized carbons (Fsp3) is 0.471. The molecule has 5 heteroatoms. The zero-order valence-electron chi connectivity index (χ0n) is 13.0. The lowest BCUT2D eigenvalue weighted by Crippen LogP contribution is -2.20. The van der Waals surface area contributed by atoms with Crippen LogP contribution < -0.4 is 0 Å². The molecule has 0 saturated carbocycles. The van der Waals surface area contributed by atoms with Crippen molar-refractivity contribution in [3.05, 3.63) is 35.9 Å². The minimum absolute atomic E-state index is 0.153. The van der Waals surface area contributed by atoms with Crippen molar-refractivity contribution in [2.75, 3.05) is 27.1 Å². The second-order valence-electron chi connectivity index (χ2n) is 4.42. The van der Waals surface area contributed by atoms with E-state index in [9.17, 15) is 4.79 Å². The van der Waals surface area contributed by atoms with E-state index in [1.807, 2.05) is 30.3 Å². The number of ether oxygens (including phenoxy) is 4. The van der Waals surface area contributed by atoms with E-state index in [1.54, 1.807) is 14.0 Å². The summed E-state index contributed by atoms with van der Waals surface area (Å²) in [5, 5.41) is 0. The summed E-state index contributed by atoms with van der Waals surface area (Å²) in [5.41, 5.74) is 1.09. The topological polar surface area (TPSA) is 54.0 Å².